The third-order valence-corrected chi connectivity index (χ3v) is 3.48. The van der Waals surface area contributed by atoms with Crippen molar-refractivity contribution in [2.45, 2.75) is 0 Å². The van der Waals surface area contributed by atoms with E-state index in [1.165, 1.54) is 38.6 Å². The van der Waals surface area contributed by atoms with Gasteiger partial charge in [0.05, 0.1) is 30.9 Å². The second-order valence-electron chi connectivity index (χ2n) is 5.14. The van der Waals surface area contributed by atoms with E-state index < -0.39 is 10.8 Å². The number of nitriles is 1. The fourth-order valence-electron chi connectivity index (χ4n) is 2.08. The summed E-state index contributed by atoms with van der Waals surface area (Å²) in [6, 6.07) is 12.3. The van der Waals surface area contributed by atoms with Crippen LogP contribution in [0.2, 0.25) is 0 Å². The topological polar surface area (TPSA) is 127 Å². The van der Waals surface area contributed by atoms with Gasteiger partial charge in [0.2, 0.25) is 0 Å². The Labute approximate surface area is 155 Å². The quantitative estimate of drug-likeness (QED) is 0.333. The van der Waals surface area contributed by atoms with Crippen LogP contribution in [0.3, 0.4) is 0 Å². The summed E-state index contributed by atoms with van der Waals surface area (Å²) in [5.74, 6) is 0.223. The molecule has 0 aliphatic carbocycles. The lowest BCUT2D eigenvalue weighted by molar-refractivity contribution is -0.384. The number of hydrogen-bond donors (Lipinski definition) is 2. The molecule has 27 heavy (non-hydrogen) atoms. The van der Waals surface area contributed by atoms with Gasteiger partial charge in [0.25, 0.3) is 11.6 Å². The van der Waals surface area contributed by atoms with Crippen LogP contribution < -0.4 is 20.1 Å². The number of nitrogens with one attached hydrogen (secondary N) is 2. The fraction of sp³-hybridized carbons (Fsp3) is 0.111. The molecule has 0 heterocycles. The number of nitrogens with zero attached hydrogens (tertiary/aromatic N) is 2. The average Bonchev–Trinajstić information content (AvgIpc) is 2.68. The van der Waals surface area contributed by atoms with E-state index in [4.69, 9.17) is 9.47 Å². The lowest BCUT2D eigenvalue weighted by atomic mass is 10.2. The average molecular weight is 368 g/mol. The molecule has 0 unspecified atom stereocenters. The van der Waals surface area contributed by atoms with Gasteiger partial charge in [-0.25, -0.2) is 0 Å². The van der Waals surface area contributed by atoms with Crippen LogP contribution in [0, 0.1) is 21.4 Å². The molecule has 0 radical (unpaired) electrons. The Kier molecular flexibility index (Phi) is 6.33. The number of non-ortho nitro benzene ring substituents is 1. The Morgan fingerprint density at radius 1 is 1.19 bits per heavy atom. The number of amides is 1. The van der Waals surface area contributed by atoms with Crippen LogP contribution in [-0.4, -0.2) is 25.1 Å². The second kappa shape index (κ2) is 8.87. The van der Waals surface area contributed by atoms with Crippen LogP contribution in [0.1, 0.15) is 0 Å². The first kappa shape index (κ1) is 19.3. The first-order valence-corrected chi connectivity index (χ1v) is 7.63. The summed E-state index contributed by atoms with van der Waals surface area (Å²) in [5, 5.41) is 25.4. The largest absolute Gasteiger partial charge is 0.497 e. The summed E-state index contributed by atoms with van der Waals surface area (Å²) in [7, 11) is 2.89. The van der Waals surface area contributed by atoms with Crippen LogP contribution in [0.25, 0.3) is 0 Å². The van der Waals surface area contributed by atoms with Crippen molar-refractivity contribution in [2.24, 2.45) is 0 Å². The number of anilines is 2. The monoisotopic (exact) mass is 368 g/mol. The Bertz CT molecular complexity index is 916. The number of ether oxygens (including phenoxy) is 2. The van der Waals surface area contributed by atoms with Gasteiger partial charge >= 0.3 is 0 Å². The first-order valence-electron chi connectivity index (χ1n) is 7.63. The predicted octanol–water partition coefficient (Wildman–Crippen LogP) is 3.07. The minimum atomic E-state index is -0.615. The van der Waals surface area contributed by atoms with Gasteiger partial charge in [0.15, 0.2) is 0 Å². The maximum Gasteiger partial charge on any atom is 0.273 e. The van der Waals surface area contributed by atoms with Gasteiger partial charge in [-0.3, -0.25) is 14.9 Å². The minimum Gasteiger partial charge on any atom is -0.497 e. The fourth-order valence-corrected chi connectivity index (χ4v) is 2.08. The number of rotatable bonds is 7. The van der Waals surface area contributed by atoms with Gasteiger partial charge in [-0.05, 0) is 30.3 Å². The zero-order valence-electron chi connectivity index (χ0n) is 14.6. The van der Waals surface area contributed by atoms with E-state index in [-0.39, 0.29) is 17.0 Å². The van der Waals surface area contributed by atoms with Crippen molar-refractivity contribution in [3.05, 3.63) is 64.4 Å². The smallest absolute Gasteiger partial charge is 0.273 e. The van der Waals surface area contributed by atoms with Crippen molar-refractivity contribution in [3.8, 4) is 17.6 Å². The maximum atomic E-state index is 12.2. The van der Waals surface area contributed by atoms with Crippen molar-refractivity contribution >= 4 is 23.0 Å². The van der Waals surface area contributed by atoms with E-state index in [0.717, 1.165) is 0 Å². The number of nitro groups is 1. The zero-order valence-corrected chi connectivity index (χ0v) is 14.6. The molecule has 1 amide bonds. The highest BCUT2D eigenvalue weighted by molar-refractivity contribution is 6.06. The van der Waals surface area contributed by atoms with E-state index in [2.05, 4.69) is 10.6 Å². The zero-order chi connectivity index (χ0) is 19.8. The Balaban J connectivity index is 2.14. The summed E-state index contributed by atoms with van der Waals surface area (Å²) in [5.41, 5.74) is 0.535. The van der Waals surface area contributed by atoms with Gasteiger partial charge in [-0.15, -0.1) is 0 Å². The number of hydrogen-bond acceptors (Lipinski definition) is 7. The van der Waals surface area contributed by atoms with E-state index >= 15 is 0 Å². The highest BCUT2D eigenvalue weighted by Crippen LogP contribution is 2.29. The molecule has 0 saturated heterocycles. The Hall–Kier alpha value is -4.06. The van der Waals surface area contributed by atoms with Crippen molar-refractivity contribution < 1.29 is 19.2 Å². The van der Waals surface area contributed by atoms with Crippen LogP contribution in [0.4, 0.5) is 17.1 Å². The molecule has 0 atom stereocenters. The lowest BCUT2D eigenvalue weighted by Crippen LogP contribution is -2.14. The highest BCUT2D eigenvalue weighted by atomic mass is 16.6. The van der Waals surface area contributed by atoms with Crippen molar-refractivity contribution in [1.82, 2.24) is 0 Å². The summed E-state index contributed by atoms with van der Waals surface area (Å²) < 4.78 is 10.1. The summed E-state index contributed by atoms with van der Waals surface area (Å²) >= 11 is 0. The number of carbonyl (C=O) groups is 1. The summed E-state index contributed by atoms with van der Waals surface area (Å²) in [6.45, 7) is 0. The Morgan fingerprint density at radius 2 is 1.89 bits per heavy atom. The SMILES string of the molecule is COc1ccc(NC(=O)/C(C#N)=C\Nc2ccc([N+](=O)[O-])cc2OC)cc1. The molecule has 0 bridgehead atoms. The van der Waals surface area contributed by atoms with Gasteiger partial charge in [0.1, 0.15) is 23.1 Å². The molecule has 2 N–H and O–H groups in total. The molecule has 0 saturated carbocycles. The predicted molar refractivity (Wildman–Crippen MR) is 98.6 cm³/mol. The summed E-state index contributed by atoms with van der Waals surface area (Å²) in [6.07, 6.45) is 1.20. The van der Waals surface area contributed by atoms with Crippen molar-refractivity contribution in [1.29, 1.82) is 5.26 Å². The molecule has 9 nitrogen and oxygen atoms in total. The number of carbonyl (C=O) groups excluding carboxylic acids is 1. The van der Waals surface area contributed by atoms with E-state index in [0.29, 0.717) is 17.1 Å². The molecule has 2 aromatic rings. The molecule has 9 heteroatoms. The third kappa shape index (κ3) is 4.96. The minimum absolute atomic E-state index is 0.140. The highest BCUT2D eigenvalue weighted by Gasteiger charge is 2.13. The number of methoxy groups -OCH3 is 2. The molecular formula is C18H16N4O5. The van der Waals surface area contributed by atoms with Gasteiger partial charge < -0.3 is 20.1 Å². The maximum absolute atomic E-state index is 12.2. The summed E-state index contributed by atoms with van der Waals surface area (Å²) in [4.78, 5) is 22.5. The normalized spacial score (nSPS) is 10.5. The van der Waals surface area contributed by atoms with Crippen LogP contribution >= 0.6 is 0 Å². The van der Waals surface area contributed by atoms with Crippen molar-refractivity contribution in [3.63, 3.8) is 0 Å². The second-order valence-corrected chi connectivity index (χ2v) is 5.14. The lowest BCUT2D eigenvalue weighted by Gasteiger charge is -2.09. The molecule has 138 valence electrons. The molecule has 0 fully saturated rings. The van der Waals surface area contributed by atoms with E-state index in [9.17, 15) is 20.2 Å². The molecule has 2 rings (SSSR count). The third-order valence-electron chi connectivity index (χ3n) is 3.48. The van der Waals surface area contributed by atoms with Gasteiger partial charge in [-0.2, -0.15) is 5.26 Å². The van der Waals surface area contributed by atoms with E-state index in [1.807, 2.05) is 0 Å². The standard InChI is InChI=1S/C18H16N4O5/c1-26-15-6-3-13(4-7-15)21-18(23)12(10-19)11-20-16-8-5-14(22(24)25)9-17(16)27-2/h3-9,11,20H,1-2H3,(H,21,23)/b12-11-. The van der Waals surface area contributed by atoms with Crippen LogP contribution in [-0.2, 0) is 4.79 Å². The van der Waals surface area contributed by atoms with Gasteiger partial charge in [0, 0.05) is 18.0 Å². The number of nitro benzene ring substituents is 1. The molecule has 0 spiro atoms. The number of benzene rings is 2. The molecule has 0 aliphatic rings. The first-order chi connectivity index (χ1) is 13.0. The molecule has 0 aromatic heterocycles. The van der Waals surface area contributed by atoms with Gasteiger partial charge in [-0.1, -0.05) is 0 Å². The van der Waals surface area contributed by atoms with Crippen molar-refractivity contribution in [2.75, 3.05) is 24.9 Å². The molecule has 2 aromatic carbocycles. The van der Waals surface area contributed by atoms with Crippen LogP contribution in [0.15, 0.2) is 54.2 Å². The van der Waals surface area contributed by atoms with E-state index in [1.54, 1.807) is 30.3 Å². The Morgan fingerprint density at radius 3 is 2.44 bits per heavy atom. The van der Waals surface area contributed by atoms with Crippen LogP contribution in [0.5, 0.6) is 11.5 Å². The molecular weight excluding hydrogens is 352 g/mol. The molecule has 0 aliphatic heterocycles.